The number of alkyl halides is 1. The Morgan fingerprint density at radius 1 is 1.14 bits per heavy atom. The molecular formula is C34H43F2N5O2. The van der Waals surface area contributed by atoms with Gasteiger partial charge in [0.05, 0.1) is 5.54 Å². The summed E-state index contributed by atoms with van der Waals surface area (Å²) in [6.45, 7) is 4.41. The van der Waals surface area contributed by atoms with Gasteiger partial charge in [0.15, 0.2) is 5.82 Å². The second kappa shape index (κ2) is 10.8. The van der Waals surface area contributed by atoms with E-state index in [-0.39, 0.29) is 35.0 Å². The average molecular weight is 592 g/mol. The summed E-state index contributed by atoms with van der Waals surface area (Å²) in [5.74, 6) is 0.573. The number of likely N-dealkylation sites (N-methyl/N-ethyl adjacent to an activating group) is 1. The quantitative estimate of drug-likeness (QED) is 0.297. The maximum Gasteiger partial charge on any atom is 0.319 e. The molecule has 2 aliphatic carbocycles. The van der Waals surface area contributed by atoms with E-state index < -0.39 is 12.0 Å². The summed E-state index contributed by atoms with van der Waals surface area (Å²) >= 11 is 0. The Balaban J connectivity index is 1.30. The molecule has 7 rings (SSSR count). The molecule has 2 saturated heterocycles. The summed E-state index contributed by atoms with van der Waals surface area (Å²) < 4.78 is 37.4. The highest BCUT2D eigenvalue weighted by Crippen LogP contribution is 2.46. The number of fused-ring (bicyclic) bond motifs is 3. The van der Waals surface area contributed by atoms with Crippen LogP contribution >= 0.6 is 0 Å². The molecule has 1 unspecified atom stereocenters. The highest BCUT2D eigenvalue weighted by Gasteiger charge is 2.49. The number of halogens is 2. The van der Waals surface area contributed by atoms with Crippen LogP contribution in [0.25, 0.3) is 22.0 Å². The maximum atomic E-state index is 16.7. The van der Waals surface area contributed by atoms with Crippen LogP contribution in [-0.4, -0.2) is 82.5 Å². The molecule has 4 aliphatic rings. The Morgan fingerprint density at radius 2 is 1.98 bits per heavy atom. The molecule has 1 aromatic heterocycles. The lowest BCUT2D eigenvalue weighted by molar-refractivity contribution is 0.0738. The van der Waals surface area contributed by atoms with E-state index in [0.29, 0.717) is 42.2 Å². The summed E-state index contributed by atoms with van der Waals surface area (Å²) in [5.41, 5.74) is 3.24. The number of aromatic hydroxyl groups is 1. The zero-order valence-corrected chi connectivity index (χ0v) is 25.6. The van der Waals surface area contributed by atoms with Crippen molar-refractivity contribution < 1.29 is 18.6 Å². The molecule has 0 amide bonds. The number of ether oxygens (including phenoxy) is 1. The lowest BCUT2D eigenvalue weighted by Crippen LogP contribution is -2.54. The van der Waals surface area contributed by atoms with Gasteiger partial charge < -0.3 is 20.1 Å². The van der Waals surface area contributed by atoms with Crippen molar-refractivity contribution in [2.45, 2.75) is 87.9 Å². The lowest BCUT2D eigenvalue weighted by Gasteiger charge is -2.47. The minimum atomic E-state index is -0.862. The standard InChI is InChI=1S/C34H43F2N5O2/c1-4-21-7-8-22-15-24(42)16-27(28(21)22)25-9-10-26-30(29(25)36)38-32(39-31(26)37-19-33(40(2)3)11-5-12-33)43-20-34-13-6-14-41(34)18-23(35)17-34/h9-10,15-16,21,23,42H,4-8,11-14,17-20H2,1-3H3,(H,37,38,39)/t21?,23-,34+/m1/s1. The number of nitrogens with one attached hydrogen (secondary N) is 1. The van der Waals surface area contributed by atoms with E-state index >= 15 is 4.39 Å². The third-order valence-electron chi connectivity index (χ3n) is 11.0. The molecule has 3 aromatic rings. The number of phenolic OH excluding ortho intramolecular Hbond substituents is 1. The van der Waals surface area contributed by atoms with Crippen LogP contribution in [0.1, 0.15) is 75.3 Å². The van der Waals surface area contributed by atoms with Crippen LogP contribution in [0, 0.1) is 5.82 Å². The molecule has 0 spiro atoms. The van der Waals surface area contributed by atoms with E-state index in [1.165, 1.54) is 6.42 Å². The van der Waals surface area contributed by atoms with E-state index in [4.69, 9.17) is 9.72 Å². The van der Waals surface area contributed by atoms with Gasteiger partial charge in [-0.1, -0.05) is 13.0 Å². The van der Waals surface area contributed by atoms with Crippen molar-refractivity contribution in [2.75, 3.05) is 45.7 Å². The number of anilines is 1. The number of hydrogen-bond acceptors (Lipinski definition) is 7. The second-order valence-corrected chi connectivity index (χ2v) is 13.6. The topological polar surface area (TPSA) is 73.8 Å². The van der Waals surface area contributed by atoms with Crippen molar-refractivity contribution in [1.82, 2.24) is 19.8 Å². The first-order valence-electron chi connectivity index (χ1n) is 16.0. The summed E-state index contributed by atoms with van der Waals surface area (Å²) in [6, 6.07) is 7.30. The number of nitrogens with zero attached hydrogens (tertiary/aromatic N) is 4. The largest absolute Gasteiger partial charge is 0.508 e. The fourth-order valence-corrected chi connectivity index (χ4v) is 8.30. The number of aryl methyl sites for hydroxylation is 1. The van der Waals surface area contributed by atoms with Gasteiger partial charge >= 0.3 is 6.01 Å². The number of aromatic nitrogens is 2. The molecule has 0 bridgehead atoms. The smallest absolute Gasteiger partial charge is 0.319 e. The van der Waals surface area contributed by atoms with Gasteiger partial charge in [0.25, 0.3) is 0 Å². The second-order valence-electron chi connectivity index (χ2n) is 13.6. The molecule has 3 heterocycles. The molecule has 9 heteroatoms. The van der Waals surface area contributed by atoms with Gasteiger partial charge in [-0.2, -0.15) is 9.97 Å². The Kier molecular flexibility index (Phi) is 7.24. The maximum absolute atomic E-state index is 16.7. The van der Waals surface area contributed by atoms with Crippen molar-refractivity contribution in [1.29, 1.82) is 0 Å². The van der Waals surface area contributed by atoms with Gasteiger partial charge in [-0.3, -0.25) is 4.90 Å². The number of hydrogen-bond donors (Lipinski definition) is 2. The predicted molar refractivity (Wildman–Crippen MR) is 165 cm³/mol. The first-order chi connectivity index (χ1) is 20.7. The summed E-state index contributed by atoms with van der Waals surface area (Å²) in [5, 5.41) is 14.7. The molecule has 3 atom stereocenters. The fraction of sp³-hybridized carbons (Fsp3) is 0.588. The average Bonchev–Trinajstić information content (AvgIpc) is 3.63. The van der Waals surface area contributed by atoms with Crippen molar-refractivity contribution in [3.8, 4) is 22.9 Å². The molecule has 2 aromatic carbocycles. The zero-order valence-electron chi connectivity index (χ0n) is 25.6. The minimum absolute atomic E-state index is 0.0252. The van der Waals surface area contributed by atoms with Gasteiger partial charge in [-0.25, -0.2) is 8.78 Å². The van der Waals surface area contributed by atoms with Crippen molar-refractivity contribution in [3.63, 3.8) is 0 Å². The molecule has 0 radical (unpaired) electrons. The summed E-state index contributed by atoms with van der Waals surface area (Å²) in [7, 11) is 4.20. The van der Waals surface area contributed by atoms with Crippen LogP contribution in [0.15, 0.2) is 24.3 Å². The predicted octanol–water partition coefficient (Wildman–Crippen LogP) is 6.43. The van der Waals surface area contributed by atoms with Crippen LogP contribution in [0.5, 0.6) is 11.8 Å². The third kappa shape index (κ3) is 4.83. The Labute approximate surface area is 252 Å². The van der Waals surface area contributed by atoms with Crippen molar-refractivity contribution in [2.24, 2.45) is 0 Å². The van der Waals surface area contributed by atoms with Crippen molar-refractivity contribution >= 4 is 16.7 Å². The van der Waals surface area contributed by atoms with Crippen LogP contribution in [0.2, 0.25) is 0 Å². The molecule has 7 nitrogen and oxygen atoms in total. The van der Waals surface area contributed by atoms with Crippen LogP contribution in [0.4, 0.5) is 14.6 Å². The Hall–Kier alpha value is -3.04. The fourth-order valence-electron chi connectivity index (χ4n) is 8.30. The lowest BCUT2D eigenvalue weighted by atomic mass is 9.75. The van der Waals surface area contributed by atoms with Gasteiger partial charge in [0.2, 0.25) is 0 Å². The van der Waals surface area contributed by atoms with E-state index in [2.05, 4.69) is 41.1 Å². The number of rotatable bonds is 9. The van der Waals surface area contributed by atoms with E-state index in [0.717, 1.165) is 68.2 Å². The molecule has 230 valence electrons. The van der Waals surface area contributed by atoms with E-state index in [9.17, 15) is 9.50 Å². The number of benzene rings is 2. The first kappa shape index (κ1) is 28.7. The first-order valence-corrected chi connectivity index (χ1v) is 16.0. The molecule has 2 aliphatic heterocycles. The summed E-state index contributed by atoms with van der Waals surface area (Å²) in [6.07, 6.45) is 7.65. The van der Waals surface area contributed by atoms with Crippen LogP contribution in [0.3, 0.4) is 0 Å². The number of phenols is 1. The highest BCUT2D eigenvalue weighted by atomic mass is 19.1. The normalized spacial score (nSPS) is 26.1. The molecule has 3 fully saturated rings. The van der Waals surface area contributed by atoms with Crippen LogP contribution in [-0.2, 0) is 6.42 Å². The van der Waals surface area contributed by atoms with E-state index in [1.807, 2.05) is 12.1 Å². The molecule has 2 N–H and O–H groups in total. The monoisotopic (exact) mass is 591 g/mol. The zero-order chi connectivity index (χ0) is 29.9. The molecule has 43 heavy (non-hydrogen) atoms. The Bertz CT molecular complexity index is 1540. The minimum Gasteiger partial charge on any atom is -0.508 e. The van der Waals surface area contributed by atoms with Crippen LogP contribution < -0.4 is 10.1 Å². The SMILES string of the molecule is CCC1CCc2cc(O)cc(-c3ccc4c(NCC5(N(C)C)CCC5)nc(OC[C@@]56CCCN5C[C@H](F)C6)nc4c3F)c21. The van der Waals surface area contributed by atoms with Gasteiger partial charge in [-0.15, -0.1) is 0 Å². The van der Waals surface area contributed by atoms with Gasteiger partial charge in [0.1, 0.15) is 29.9 Å². The van der Waals surface area contributed by atoms with Gasteiger partial charge in [-0.05, 0) is 113 Å². The highest BCUT2D eigenvalue weighted by molar-refractivity contribution is 5.93. The molecule has 1 saturated carbocycles. The van der Waals surface area contributed by atoms with E-state index in [1.54, 1.807) is 12.1 Å². The Morgan fingerprint density at radius 3 is 2.72 bits per heavy atom. The third-order valence-corrected chi connectivity index (χ3v) is 11.0. The van der Waals surface area contributed by atoms with Gasteiger partial charge in [0, 0.05) is 36.0 Å². The summed E-state index contributed by atoms with van der Waals surface area (Å²) in [4.78, 5) is 13.9. The van der Waals surface area contributed by atoms with Crippen molar-refractivity contribution in [3.05, 3.63) is 41.2 Å². The molecular weight excluding hydrogens is 548 g/mol.